The number of guanidine groups is 1. The highest BCUT2D eigenvalue weighted by Crippen LogP contribution is 2.16. The first-order valence-corrected chi connectivity index (χ1v) is 9.57. The third-order valence-corrected chi connectivity index (χ3v) is 5.25. The van der Waals surface area contributed by atoms with Crippen molar-refractivity contribution in [3.8, 4) is 5.75 Å². The molecule has 0 amide bonds. The summed E-state index contributed by atoms with van der Waals surface area (Å²) in [6.07, 6.45) is 0. The molecule has 0 fully saturated rings. The molecule has 8 heteroatoms. The van der Waals surface area contributed by atoms with E-state index in [4.69, 9.17) is 4.74 Å². The Bertz CT molecular complexity index is 849. The minimum Gasteiger partial charge on any atom is -0.496 e. The molecule has 0 aromatic heterocycles. The Morgan fingerprint density at radius 2 is 1.69 bits per heavy atom. The number of nitrogens with one attached hydrogen (secondary N) is 3. The number of ether oxygens (including phenoxy) is 1. The topological polar surface area (TPSA) is 91.8 Å². The number of nitrogens with zero attached hydrogens (tertiary/aromatic N) is 1. The van der Waals surface area contributed by atoms with Crippen LogP contribution in [0, 0.1) is 0 Å². The summed E-state index contributed by atoms with van der Waals surface area (Å²) in [6, 6.07) is 14.5. The van der Waals surface area contributed by atoms with Gasteiger partial charge in [-0.15, -0.1) is 0 Å². The molecule has 0 radical (unpaired) electrons. The van der Waals surface area contributed by atoms with Crippen molar-refractivity contribution >= 4 is 16.0 Å². The summed E-state index contributed by atoms with van der Waals surface area (Å²) in [4.78, 5) is 4.43. The number of rotatable bonds is 7. The van der Waals surface area contributed by atoms with Crippen LogP contribution in [0.2, 0.25) is 0 Å². The van der Waals surface area contributed by atoms with Crippen molar-refractivity contribution in [2.75, 3.05) is 21.2 Å². The standard InChI is InChI=1S/C18H24N4O3S/c1-19-18(22-13-15-6-4-5-7-17(15)25-3)21-12-14-8-10-16(11-9-14)26(23,24)20-2/h4-11,20H,12-13H2,1-3H3,(H2,19,21,22). The van der Waals surface area contributed by atoms with Gasteiger partial charge < -0.3 is 15.4 Å². The Morgan fingerprint density at radius 1 is 1.04 bits per heavy atom. The van der Waals surface area contributed by atoms with Crippen molar-refractivity contribution < 1.29 is 13.2 Å². The second kappa shape index (κ2) is 9.21. The molecule has 0 saturated heterocycles. The highest BCUT2D eigenvalue weighted by atomic mass is 32.2. The van der Waals surface area contributed by atoms with E-state index in [9.17, 15) is 8.42 Å². The van der Waals surface area contributed by atoms with Crippen LogP contribution in [0.1, 0.15) is 11.1 Å². The van der Waals surface area contributed by atoms with Crippen molar-refractivity contribution in [2.24, 2.45) is 4.99 Å². The third kappa shape index (κ3) is 5.21. The first-order chi connectivity index (χ1) is 12.5. The molecule has 2 aromatic rings. The summed E-state index contributed by atoms with van der Waals surface area (Å²) >= 11 is 0. The maximum absolute atomic E-state index is 11.7. The lowest BCUT2D eigenvalue weighted by atomic mass is 10.2. The number of hydrogen-bond acceptors (Lipinski definition) is 4. The zero-order chi connectivity index (χ0) is 19.0. The van der Waals surface area contributed by atoms with Crippen LogP contribution < -0.4 is 20.1 Å². The Balaban J connectivity index is 1.93. The minimum atomic E-state index is -3.42. The van der Waals surface area contributed by atoms with Crippen LogP contribution in [-0.2, 0) is 23.1 Å². The van der Waals surface area contributed by atoms with E-state index >= 15 is 0 Å². The Morgan fingerprint density at radius 3 is 2.31 bits per heavy atom. The Labute approximate surface area is 154 Å². The van der Waals surface area contributed by atoms with E-state index in [-0.39, 0.29) is 4.90 Å². The molecule has 0 unspecified atom stereocenters. The molecule has 7 nitrogen and oxygen atoms in total. The summed E-state index contributed by atoms with van der Waals surface area (Å²) in [5, 5.41) is 6.43. The summed E-state index contributed by atoms with van der Waals surface area (Å²) in [5.74, 6) is 1.46. The molecule has 0 atom stereocenters. The van der Waals surface area contributed by atoms with Gasteiger partial charge in [0.15, 0.2) is 5.96 Å². The fourth-order valence-electron chi connectivity index (χ4n) is 2.34. The highest BCUT2D eigenvalue weighted by molar-refractivity contribution is 7.89. The molecular formula is C18H24N4O3S. The van der Waals surface area contributed by atoms with Crippen LogP contribution in [0.15, 0.2) is 58.4 Å². The van der Waals surface area contributed by atoms with Crippen LogP contribution in [0.3, 0.4) is 0 Å². The van der Waals surface area contributed by atoms with E-state index in [0.29, 0.717) is 19.0 Å². The van der Waals surface area contributed by atoms with Gasteiger partial charge in [-0.1, -0.05) is 30.3 Å². The number of para-hydroxylation sites is 1. The van der Waals surface area contributed by atoms with Crippen LogP contribution in [-0.4, -0.2) is 35.6 Å². The molecule has 0 saturated carbocycles. The second-order valence-corrected chi connectivity index (χ2v) is 7.33. The number of sulfonamides is 1. The van der Waals surface area contributed by atoms with Crippen LogP contribution in [0.4, 0.5) is 0 Å². The van der Waals surface area contributed by atoms with E-state index < -0.39 is 10.0 Å². The van der Waals surface area contributed by atoms with Crippen molar-refractivity contribution in [3.05, 3.63) is 59.7 Å². The smallest absolute Gasteiger partial charge is 0.240 e. The molecule has 0 aliphatic heterocycles. The fourth-order valence-corrected chi connectivity index (χ4v) is 3.07. The molecule has 0 bridgehead atoms. The van der Waals surface area contributed by atoms with Gasteiger partial charge in [-0.25, -0.2) is 13.1 Å². The van der Waals surface area contributed by atoms with Crippen LogP contribution in [0.25, 0.3) is 0 Å². The van der Waals surface area contributed by atoms with Crippen molar-refractivity contribution in [1.29, 1.82) is 0 Å². The molecule has 0 spiro atoms. The normalized spacial score (nSPS) is 11.9. The van der Waals surface area contributed by atoms with Gasteiger partial charge in [0.2, 0.25) is 10.0 Å². The molecule has 26 heavy (non-hydrogen) atoms. The van der Waals surface area contributed by atoms with Crippen molar-refractivity contribution in [2.45, 2.75) is 18.0 Å². The quantitative estimate of drug-likeness (QED) is 0.503. The fraction of sp³-hybridized carbons (Fsp3) is 0.278. The molecule has 140 valence electrons. The number of hydrogen-bond donors (Lipinski definition) is 3. The maximum atomic E-state index is 11.7. The summed E-state index contributed by atoms with van der Waals surface area (Å²) < 4.78 is 31.1. The molecular weight excluding hydrogens is 352 g/mol. The van der Waals surface area contributed by atoms with E-state index in [1.165, 1.54) is 7.05 Å². The molecule has 3 N–H and O–H groups in total. The van der Waals surface area contributed by atoms with Gasteiger partial charge in [0.25, 0.3) is 0 Å². The Kier molecular flexibility index (Phi) is 6.99. The lowest BCUT2D eigenvalue weighted by Crippen LogP contribution is -2.36. The number of aliphatic imine (C=N–C) groups is 1. The van der Waals surface area contributed by atoms with E-state index in [0.717, 1.165) is 16.9 Å². The monoisotopic (exact) mass is 376 g/mol. The summed E-state index contributed by atoms with van der Waals surface area (Å²) in [6.45, 7) is 1.09. The predicted molar refractivity (Wildman–Crippen MR) is 103 cm³/mol. The highest BCUT2D eigenvalue weighted by Gasteiger charge is 2.10. The molecule has 0 aliphatic rings. The van der Waals surface area contributed by atoms with Crippen LogP contribution in [0.5, 0.6) is 5.75 Å². The van der Waals surface area contributed by atoms with Gasteiger partial charge in [-0.2, -0.15) is 0 Å². The Hall–Kier alpha value is -2.58. The predicted octanol–water partition coefficient (Wildman–Crippen LogP) is 1.47. The molecule has 0 aliphatic carbocycles. The van der Waals surface area contributed by atoms with E-state index in [2.05, 4.69) is 20.3 Å². The van der Waals surface area contributed by atoms with Crippen molar-refractivity contribution in [1.82, 2.24) is 15.4 Å². The van der Waals surface area contributed by atoms with Gasteiger partial charge in [0, 0.05) is 25.7 Å². The largest absolute Gasteiger partial charge is 0.496 e. The average Bonchev–Trinajstić information content (AvgIpc) is 2.68. The van der Waals surface area contributed by atoms with Gasteiger partial charge in [0.1, 0.15) is 5.75 Å². The summed E-state index contributed by atoms with van der Waals surface area (Å²) in [7, 11) is 1.31. The van der Waals surface area contributed by atoms with Gasteiger partial charge in [-0.3, -0.25) is 4.99 Å². The van der Waals surface area contributed by atoms with E-state index in [1.807, 2.05) is 24.3 Å². The third-order valence-electron chi connectivity index (χ3n) is 3.82. The maximum Gasteiger partial charge on any atom is 0.240 e. The van der Waals surface area contributed by atoms with E-state index in [1.54, 1.807) is 38.4 Å². The summed E-state index contributed by atoms with van der Waals surface area (Å²) in [5.41, 5.74) is 1.97. The van der Waals surface area contributed by atoms with Gasteiger partial charge in [0.05, 0.1) is 12.0 Å². The molecule has 2 rings (SSSR count). The first-order valence-electron chi connectivity index (χ1n) is 8.09. The first kappa shape index (κ1) is 19.7. The lowest BCUT2D eigenvalue weighted by Gasteiger charge is -2.14. The zero-order valence-corrected chi connectivity index (χ0v) is 15.9. The number of benzene rings is 2. The second-order valence-electron chi connectivity index (χ2n) is 5.44. The zero-order valence-electron chi connectivity index (χ0n) is 15.1. The molecule has 0 heterocycles. The van der Waals surface area contributed by atoms with Crippen molar-refractivity contribution in [3.63, 3.8) is 0 Å². The number of methoxy groups -OCH3 is 1. The van der Waals surface area contributed by atoms with Gasteiger partial charge >= 0.3 is 0 Å². The lowest BCUT2D eigenvalue weighted by molar-refractivity contribution is 0.409. The average molecular weight is 376 g/mol. The van der Waals surface area contributed by atoms with Gasteiger partial charge in [-0.05, 0) is 30.8 Å². The molecule has 2 aromatic carbocycles. The SMILES string of the molecule is CN=C(NCc1ccc(S(=O)(=O)NC)cc1)NCc1ccccc1OC. The van der Waals surface area contributed by atoms with Crippen LogP contribution >= 0.6 is 0 Å². The minimum absolute atomic E-state index is 0.238.